The summed E-state index contributed by atoms with van der Waals surface area (Å²) in [5.74, 6) is -2.77. The third-order valence-corrected chi connectivity index (χ3v) is 6.37. The zero-order valence-corrected chi connectivity index (χ0v) is 22.9. The summed E-state index contributed by atoms with van der Waals surface area (Å²) >= 11 is 0. The normalized spacial score (nSPS) is 11.6. The van der Waals surface area contributed by atoms with Crippen LogP contribution in [0.5, 0.6) is 0 Å². The number of hydrogen-bond donors (Lipinski definition) is 4. The molecule has 0 heterocycles. The molecule has 0 bridgehead atoms. The Morgan fingerprint density at radius 3 is 1.35 bits per heavy atom. The maximum atomic E-state index is 12.1. The van der Waals surface area contributed by atoms with Crippen LogP contribution in [0.2, 0.25) is 0 Å². The van der Waals surface area contributed by atoms with Gasteiger partial charge < -0.3 is 20.8 Å². The number of carboxylic acids is 2. The molecule has 0 saturated carbocycles. The summed E-state index contributed by atoms with van der Waals surface area (Å²) in [6, 6.07) is -1.11. The molecule has 2 amide bonds. The quantitative estimate of drug-likeness (QED) is 0.114. The van der Waals surface area contributed by atoms with Crippen LogP contribution in [0.4, 0.5) is 0 Å². The maximum Gasteiger partial charge on any atom is 0.326 e. The highest BCUT2D eigenvalue weighted by atomic mass is 16.4. The number of ketones is 1. The van der Waals surface area contributed by atoms with E-state index in [0.29, 0.717) is 6.42 Å². The predicted molar refractivity (Wildman–Crippen MR) is 143 cm³/mol. The topological polar surface area (TPSA) is 150 Å². The molecule has 1 unspecified atom stereocenters. The lowest BCUT2D eigenvalue weighted by atomic mass is 10.0. The van der Waals surface area contributed by atoms with Gasteiger partial charge in [0.25, 0.3) is 0 Å². The van der Waals surface area contributed by atoms with Crippen molar-refractivity contribution >= 4 is 29.5 Å². The Kier molecular flexibility index (Phi) is 22.3. The molecular weight excluding hydrogens is 476 g/mol. The number of unbranched alkanes of at least 4 members (excludes halogenated alkanes) is 15. The summed E-state index contributed by atoms with van der Waals surface area (Å²) < 4.78 is 0. The first-order chi connectivity index (χ1) is 17.7. The number of carbonyl (C=O) groups excluding carboxylic acids is 3. The predicted octanol–water partition coefficient (Wildman–Crippen LogP) is 5.15. The SMILES string of the molecule is CC(=O)CNC(=O)CCC(NC(=O)CCCCCCCCCCCCCCCCCCC(=O)O)C(=O)O. The molecule has 4 N–H and O–H groups in total. The Bertz CT molecular complexity index is 667. The maximum absolute atomic E-state index is 12.1. The molecule has 0 fully saturated rings. The number of hydrogen-bond acceptors (Lipinski definition) is 5. The summed E-state index contributed by atoms with van der Waals surface area (Å²) in [5, 5.41) is 22.8. The van der Waals surface area contributed by atoms with Crippen molar-refractivity contribution in [2.24, 2.45) is 0 Å². The number of rotatable bonds is 26. The van der Waals surface area contributed by atoms with Crippen molar-refractivity contribution in [3.05, 3.63) is 0 Å². The Labute approximate surface area is 222 Å². The van der Waals surface area contributed by atoms with Crippen LogP contribution in [-0.4, -0.2) is 52.3 Å². The molecule has 214 valence electrons. The minimum atomic E-state index is -1.17. The third kappa shape index (κ3) is 25.0. The summed E-state index contributed by atoms with van der Waals surface area (Å²) in [7, 11) is 0. The first-order valence-electron chi connectivity index (χ1n) is 14.2. The van der Waals surface area contributed by atoms with Crippen LogP contribution in [-0.2, 0) is 24.0 Å². The zero-order chi connectivity index (χ0) is 27.7. The average molecular weight is 527 g/mol. The first-order valence-corrected chi connectivity index (χ1v) is 14.2. The lowest BCUT2D eigenvalue weighted by molar-refractivity contribution is -0.142. The van der Waals surface area contributed by atoms with E-state index in [9.17, 15) is 29.1 Å². The average Bonchev–Trinajstić information content (AvgIpc) is 2.84. The fraction of sp³-hybridized carbons (Fsp3) is 0.821. The molecule has 0 rings (SSSR count). The number of aliphatic carboxylic acids is 2. The van der Waals surface area contributed by atoms with Crippen molar-refractivity contribution in [3.8, 4) is 0 Å². The highest BCUT2D eigenvalue weighted by Gasteiger charge is 2.20. The van der Waals surface area contributed by atoms with Gasteiger partial charge in [0, 0.05) is 19.3 Å². The van der Waals surface area contributed by atoms with Gasteiger partial charge in [-0.15, -0.1) is 0 Å². The van der Waals surface area contributed by atoms with E-state index in [0.717, 1.165) is 44.9 Å². The fourth-order valence-electron chi connectivity index (χ4n) is 4.15. The minimum absolute atomic E-state index is 0.0129. The summed E-state index contributed by atoms with van der Waals surface area (Å²) in [4.78, 5) is 56.4. The molecule has 9 nitrogen and oxygen atoms in total. The van der Waals surface area contributed by atoms with E-state index in [2.05, 4.69) is 10.6 Å². The van der Waals surface area contributed by atoms with Crippen molar-refractivity contribution in [1.82, 2.24) is 10.6 Å². The smallest absolute Gasteiger partial charge is 0.326 e. The molecule has 9 heteroatoms. The molecule has 0 aliphatic carbocycles. The molecule has 0 aromatic carbocycles. The van der Waals surface area contributed by atoms with E-state index in [1.807, 2.05) is 0 Å². The third-order valence-electron chi connectivity index (χ3n) is 6.37. The Hall–Kier alpha value is -2.45. The number of carboxylic acid groups (broad SMARTS) is 2. The van der Waals surface area contributed by atoms with Gasteiger partial charge in [0.2, 0.25) is 11.8 Å². The van der Waals surface area contributed by atoms with Crippen molar-refractivity contribution in [2.75, 3.05) is 6.54 Å². The van der Waals surface area contributed by atoms with Crippen molar-refractivity contribution in [2.45, 2.75) is 141 Å². The molecule has 0 radical (unpaired) electrons. The van der Waals surface area contributed by atoms with Crippen LogP contribution in [0.15, 0.2) is 0 Å². The Morgan fingerprint density at radius 2 is 0.973 bits per heavy atom. The lowest BCUT2D eigenvalue weighted by Gasteiger charge is -2.14. The summed E-state index contributed by atoms with van der Waals surface area (Å²) in [6.45, 7) is 1.27. The fourth-order valence-corrected chi connectivity index (χ4v) is 4.15. The van der Waals surface area contributed by atoms with E-state index in [-0.39, 0.29) is 37.5 Å². The first kappa shape index (κ1) is 34.6. The lowest BCUT2D eigenvalue weighted by Crippen LogP contribution is -2.41. The zero-order valence-electron chi connectivity index (χ0n) is 22.9. The second-order valence-corrected chi connectivity index (χ2v) is 10.0. The van der Waals surface area contributed by atoms with Gasteiger partial charge in [-0.1, -0.05) is 89.9 Å². The second kappa shape index (κ2) is 23.9. The van der Waals surface area contributed by atoms with Crippen molar-refractivity contribution < 1.29 is 34.2 Å². The molecule has 0 aromatic rings. The van der Waals surface area contributed by atoms with Crippen LogP contribution in [0.3, 0.4) is 0 Å². The van der Waals surface area contributed by atoms with Gasteiger partial charge in [0.1, 0.15) is 11.8 Å². The van der Waals surface area contributed by atoms with E-state index >= 15 is 0 Å². The van der Waals surface area contributed by atoms with Gasteiger partial charge in [-0.05, 0) is 26.2 Å². The monoisotopic (exact) mass is 526 g/mol. The largest absolute Gasteiger partial charge is 0.481 e. The molecule has 0 saturated heterocycles. The molecule has 1 atom stereocenters. The summed E-state index contributed by atoms with van der Waals surface area (Å²) in [5.41, 5.74) is 0. The molecule has 37 heavy (non-hydrogen) atoms. The second-order valence-electron chi connectivity index (χ2n) is 10.0. The molecule has 0 spiro atoms. The number of carbonyl (C=O) groups is 5. The van der Waals surface area contributed by atoms with Crippen LogP contribution in [0.25, 0.3) is 0 Å². The van der Waals surface area contributed by atoms with E-state index < -0.39 is 23.9 Å². The van der Waals surface area contributed by atoms with Gasteiger partial charge in [0.15, 0.2) is 0 Å². The van der Waals surface area contributed by atoms with Gasteiger partial charge in [-0.2, -0.15) is 0 Å². The molecular formula is C28H50N2O7. The van der Waals surface area contributed by atoms with Crippen LogP contribution in [0.1, 0.15) is 135 Å². The van der Waals surface area contributed by atoms with Crippen LogP contribution in [0, 0.1) is 0 Å². The minimum Gasteiger partial charge on any atom is -0.481 e. The van der Waals surface area contributed by atoms with Gasteiger partial charge in [0.05, 0.1) is 6.54 Å². The highest BCUT2D eigenvalue weighted by molar-refractivity contribution is 5.86. The van der Waals surface area contributed by atoms with Crippen LogP contribution < -0.4 is 10.6 Å². The van der Waals surface area contributed by atoms with Crippen LogP contribution >= 0.6 is 0 Å². The summed E-state index contributed by atoms with van der Waals surface area (Å²) in [6.07, 6.45) is 18.6. The van der Waals surface area contributed by atoms with E-state index in [4.69, 9.17) is 5.11 Å². The number of nitrogens with one attached hydrogen (secondary N) is 2. The Morgan fingerprint density at radius 1 is 0.568 bits per heavy atom. The van der Waals surface area contributed by atoms with Gasteiger partial charge >= 0.3 is 11.9 Å². The van der Waals surface area contributed by atoms with E-state index in [1.165, 1.54) is 64.7 Å². The molecule has 0 aromatic heterocycles. The Balaban J connectivity index is 3.55. The highest BCUT2D eigenvalue weighted by Crippen LogP contribution is 2.14. The van der Waals surface area contributed by atoms with Crippen molar-refractivity contribution in [1.29, 1.82) is 0 Å². The molecule has 0 aliphatic heterocycles. The number of Topliss-reactive ketones (excluding diaryl/α,β-unsaturated/α-hetero) is 1. The number of amides is 2. The van der Waals surface area contributed by atoms with Gasteiger partial charge in [-0.3, -0.25) is 19.2 Å². The standard InChI is InChI=1S/C28H50N2O7/c1-23(31)22-29-25(32)21-20-24(28(36)37)30-26(33)18-16-14-12-10-8-6-4-2-3-5-7-9-11-13-15-17-19-27(34)35/h24H,2-22H2,1H3,(H,29,32)(H,30,33)(H,34,35)(H,36,37). The van der Waals surface area contributed by atoms with E-state index in [1.54, 1.807) is 0 Å². The molecule has 0 aliphatic rings. The van der Waals surface area contributed by atoms with Crippen molar-refractivity contribution in [3.63, 3.8) is 0 Å². The van der Waals surface area contributed by atoms with Gasteiger partial charge in [-0.25, -0.2) is 4.79 Å².